The van der Waals surface area contributed by atoms with Gasteiger partial charge in [-0.3, -0.25) is 4.79 Å². The van der Waals surface area contributed by atoms with Gasteiger partial charge in [0.05, 0.1) is 19.4 Å². The highest BCUT2D eigenvalue weighted by atomic mass is 16.5. The maximum atomic E-state index is 12.5. The molecule has 0 saturated heterocycles. The van der Waals surface area contributed by atoms with E-state index in [1.165, 1.54) is 5.56 Å². The molecular formula is C29H30N4O3. The standard InChI is InChI=1S/C29H30N4O3/c1-20-9-13-22(14-10-20)27-31-29(36-18-17-21-11-15-26(35-2)16-12-21)32-33(27)25-8-4-7-24(19-25)30-28(34)23-5-3-6-23/h4,7-16,19,23H,3,5-6,17-18H2,1-2H3,(H,30,34). The first kappa shape index (κ1) is 23.6. The Bertz CT molecular complexity index is 1330. The summed E-state index contributed by atoms with van der Waals surface area (Å²) in [4.78, 5) is 17.2. The van der Waals surface area contributed by atoms with Crippen molar-refractivity contribution >= 4 is 11.6 Å². The minimum Gasteiger partial charge on any atom is -0.497 e. The average Bonchev–Trinajstić information content (AvgIpc) is 3.28. The van der Waals surface area contributed by atoms with Gasteiger partial charge in [0.25, 0.3) is 0 Å². The number of anilines is 1. The summed E-state index contributed by atoms with van der Waals surface area (Å²) in [5, 5.41) is 7.72. The first-order chi connectivity index (χ1) is 17.6. The van der Waals surface area contributed by atoms with Crippen LogP contribution in [0.4, 0.5) is 5.69 Å². The number of amides is 1. The molecule has 0 unspecified atom stereocenters. The average molecular weight is 483 g/mol. The smallest absolute Gasteiger partial charge is 0.336 e. The maximum Gasteiger partial charge on any atom is 0.336 e. The van der Waals surface area contributed by atoms with Gasteiger partial charge in [-0.05, 0) is 55.7 Å². The first-order valence-electron chi connectivity index (χ1n) is 12.3. The molecule has 36 heavy (non-hydrogen) atoms. The minimum absolute atomic E-state index is 0.0818. The van der Waals surface area contributed by atoms with E-state index >= 15 is 0 Å². The Balaban J connectivity index is 1.37. The summed E-state index contributed by atoms with van der Waals surface area (Å²) >= 11 is 0. The summed E-state index contributed by atoms with van der Waals surface area (Å²) in [6, 6.07) is 24.1. The van der Waals surface area contributed by atoms with Gasteiger partial charge in [0, 0.05) is 23.6 Å². The minimum atomic E-state index is 0.0818. The lowest BCUT2D eigenvalue weighted by Gasteiger charge is -2.24. The molecule has 1 aliphatic rings. The lowest BCUT2D eigenvalue weighted by Crippen LogP contribution is -2.28. The summed E-state index contributed by atoms with van der Waals surface area (Å²) in [5.41, 5.74) is 4.79. The second-order valence-corrected chi connectivity index (χ2v) is 9.11. The van der Waals surface area contributed by atoms with Crippen LogP contribution in [0.1, 0.15) is 30.4 Å². The molecule has 0 bridgehead atoms. The molecule has 1 fully saturated rings. The quantitative estimate of drug-likeness (QED) is 0.335. The van der Waals surface area contributed by atoms with Gasteiger partial charge in [-0.25, -0.2) is 4.68 Å². The lowest BCUT2D eigenvalue weighted by molar-refractivity contribution is -0.122. The maximum absolute atomic E-state index is 12.5. The van der Waals surface area contributed by atoms with E-state index < -0.39 is 0 Å². The third kappa shape index (κ3) is 5.40. The highest BCUT2D eigenvalue weighted by Crippen LogP contribution is 2.29. The topological polar surface area (TPSA) is 78.3 Å². The number of methoxy groups -OCH3 is 1. The van der Waals surface area contributed by atoms with Gasteiger partial charge in [0.15, 0.2) is 5.82 Å². The number of nitrogens with zero attached hydrogens (tertiary/aromatic N) is 3. The Morgan fingerprint density at radius 2 is 1.83 bits per heavy atom. The molecule has 184 valence electrons. The number of benzene rings is 3. The third-order valence-corrected chi connectivity index (χ3v) is 6.51. The Kier molecular flexibility index (Phi) is 6.98. The van der Waals surface area contributed by atoms with Crippen LogP contribution in [-0.2, 0) is 11.2 Å². The van der Waals surface area contributed by atoms with Crippen LogP contribution >= 0.6 is 0 Å². The van der Waals surface area contributed by atoms with Crippen molar-refractivity contribution in [2.75, 3.05) is 19.0 Å². The van der Waals surface area contributed by atoms with E-state index in [9.17, 15) is 4.79 Å². The van der Waals surface area contributed by atoms with Crippen LogP contribution in [0.3, 0.4) is 0 Å². The number of rotatable bonds is 9. The molecule has 1 N–H and O–H groups in total. The van der Waals surface area contributed by atoms with Crippen molar-refractivity contribution in [2.24, 2.45) is 5.92 Å². The third-order valence-electron chi connectivity index (χ3n) is 6.51. The van der Waals surface area contributed by atoms with Crippen LogP contribution in [0.15, 0.2) is 72.8 Å². The molecule has 7 heteroatoms. The van der Waals surface area contributed by atoms with Gasteiger partial charge in [-0.2, -0.15) is 4.98 Å². The summed E-state index contributed by atoms with van der Waals surface area (Å²) in [5.74, 6) is 1.71. The summed E-state index contributed by atoms with van der Waals surface area (Å²) in [6.45, 7) is 2.50. The predicted octanol–water partition coefficient (Wildman–Crippen LogP) is 5.61. The second kappa shape index (κ2) is 10.6. The molecule has 4 aromatic rings. The number of nitrogens with one attached hydrogen (secondary N) is 1. The largest absolute Gasteiger partial charge is 0.497 e. The Morgan fingerprint density at radius 1 is 1.06 bits per heavy atom. The zero-order valence-corrected chi connectivity index (χ0v) is 20.6. The monoisotopic (exact) mass is 482 g/mol. The van der Waals surface area contributed by atoms with E-state index in [0.717, 1.165) is 53.9 Å². The van der Waals surface area contributed by atoms with E-state index in [-0.39, 0.29) is 11.8 Å². The molecule has 0 spiro atoms. The van der Waals surface area contributed by atoms with Gasteiger partial charge in [-0.1, -0.05) is 54.4 Å². The normalized spacial score (nSPS) is 13.2. The SMILES string of the molecule is COc1ccc(CCOc2nc(-c3ccc(C)cc3)n(-c3cccc(NC(=O)C4CCC4)c3)n2)cc1. The Labute approximate surface area is 211 Å². The molecule has 1 aliphatic carbocycles. The molecule has 5 rings (SSSR count). The van der Waals surface area contributed by atoms with Gasteiger partial charge >= 0.3 is 6.01 Å². The second-order valence-electron chi connectivity index (χ2n) is 9.11. The van der Waals surface area contributed by atoms with E-state index in [1.807, 2.05) is 72.8 Å². The molecule has 0 radical (unpaired) electrons. The summed E-state index contributed by atoms with van der Waals surface area (Å²) < 4.78 is 13.0. The first-order valence-corrected chi connectivity index (χ1v) is 12.3. The van der Waals surface area contributed by atoms with E-state index in [4.69, 9.17) is 14.5 Å². The fraction of sp³-hybridized carbons (Fsp3) is 0.276. The van der Waals surface area contributed by atoms with Gasteiger partial charge in [-0.15, -0.1) is 5.10 Å². The Morgan fingerprint density at radius 3 is 2.53 bits per heavy atom. The van der Waals surface area contributed by atoms with E-state index in [1.54, 1.807) is 11.8 Å². The number of carbonyl (C=O) groups is 1. The molecule has 7 nitrogen and oxygen atoms in total. The van der Waals surface area contributed by atoms with E-state index in [0.29, 0.717) is 18.4 Å². The van der Waals surface area contributed by atoms with Gasteiger partial charge in [0.2, 0.25) is 5.91 Å². The highest BCUT2D eigenvalue weighted by Gasteiger charge is 2.25. The van der Waals surface area contributed by atoms with Gasteiger partial charge in [0.1, 0.15) is 5.75 Å². The van der Waals surface area contributed by atoms with Crippen LogP contribution in [-0.4, -0.2) is 34.4 Å². The van der Waals surface area contributed by atoms with Crippen molar-refractivity contribution in [3.8, 4) is 28.8 Å². The highest BCUT2D eigenvalue weighted by molar-refractivity contribution is 5.93. The summed E-state index contributed by atoms with van der Waals surface area (Å²) in [7, 11) is 1.66. The molecule has 1 heterocycles. The van der Waals surface area contributed by atoms with Crippen LogP contribution in [0.5, 0.6) is 11.8 Å². The van der Waals surface area contributed by atoms with Crippen LogP contribution < -0.4 is 14.8 Å². The predicted molar refractivity (Wildman–Crippen MR) is 140 cm³/mol. The van der Waals surface area contributed by atoms with Crippen LogP contribution in [0.2, 0.25) is 0 Å². The van der Waals surface area contributed by atoms with Crippen molar-refractivity contribution < 1.29 is 14.3 Å². The number of carbonyl (C=O) groups excluding carboxylic acids is 1. The molecule has 0 atom stereocenters. The van der Waals surface area contributed by atoms with Crippen LogP contribution in [0.25, 0.3) is 17.1 Å². The van der Waals surface area contributed by atoms with Crippen LogP contribution in [0, 0.1) is 12.8 Å². The molecule has 3 aromatic carbocycles. The molecule has 0 aliphatic heterocycles. The Hall–Kier alpha value is -4.13. The lowest BCUT2D eigenvalue weighted by atomic mass is 9.85. The van der Waals surface area contributed by atoms with Crippen molar-refractivity contribution in [3.63, 3.8) is 0 Å². The number of hydrogen-bond acceptors (Lipinski definition) is 5. The number of hydrogen-bond donors (Lipinski definition) is 1. The van der Waals surface area contributed by atoms with Crippen molar-refractivity contribution in [2.45, 2.75) is 32.6 Å². The van der Waals surface area contributed by atoms with Gasteiger partial charge < -0.3 is 14.8 Å². The zero-order chi connectivity index (χ0) is 24.9. The molecule has 1 amide bonds. The fourth-order valence-electron chi connectivity index (χ4n) is 4.11. The molecule has 1 saturated carbocycles. The van der Waals surface area contributed by atoms with Crippen molar-refractivity contribution in [1.29, 1.82) is 0 Å². The molecular weight excluding hydrogens is 452 g/mol. The van der Waals surface area contributed by atoms with Crippen molar-refractivity contribution in [1.82, 2.24) is 14.8 Å². The van der Waals surface area contributed by atoms with Crippen molar-refractivity contribution in [3.05, 3.63) is 83.9 Å². The summed E-state index contributed by atoms with van der Waals surface area (Å²) in [6.07, 6.45) is 3.77. The van der Waals surface area contributed by atoms with E-state index in [2.05, 4.69) is 17.3 Å². The fourth-order valence-corrected chi connectivity index (χ4v) is 4.11. The number of aryl methyl sites for hydroxylation is 1. The number of aromatic nitrogens is 3. The zero-order valence-electron chi connectivity index (χ0n) is 20.6. The molecule has 1 aromatic heterocycles. The number of ether oxygens (including phenoxy) is 2.